The molecule has 0 saturated heterocycles. The van der Waals surface area contributed by atoms with Gasteiger partial charge in [0.15, 0.2) is 6.10 Å². The maximum atomic E-state index is 12.3. The monoisotopic (exact) mass is 277 g/mol. The summed E-state index contributed by atoms with van der Waals surface area (Å²) in [5.74, 6) is -1.61. The minimum atomic E-state index is -1.03. The summed E-state index contributed by atoms with van der Waals surface area (Å²) in [6.45, 7) is 3.98. The highest BCUT2D eigenvalue weighted by molar-refractivity contribution is 5.87. The van der Waals surface area contributed by atoms with Crippen LogP contribution in [0.25, 0.3) is 0 Å². The summed E-state index contributed by atoms with van der Waals surface area (Å²) in [5.41, 5.74) is 1.90. The van der Waals surface area contributed by atoms with Crippen LogP contribution in [0.2, 0.25) is 0 Å². The molecule has 1 aliphatic rings. The molecule has 1 heterocycles. The van der Waals surface area contributed by atoms with Gasteiger partial charge in [0.05, 0.1) is 6.61 Å². The van der Waals surface area contributed by atoms with Gasteiger partial charge in [-0.1, -0.05) is 38.1 Å². The number of hydrogen-bond donors (Lipinski definition) is 2. The Morgan fingerprint density at radius 1 is 1.35 bits per heavy atom. The van der Waals surface area contributed by atoms with Crippen LogP contribution in [0, 0.1) is 5.92 Å². The predicted octanol–water partition coefficient (Wildman–Crippen LogP) is 1.53. The fraction of sp³-hybridized carbons (Fsp3) is 0.467. The fourth-order valence-corrected chi connectivity index (χ4v) is 2.35. The maximum Gasteiger partial charge on any atom is 0.326 e. The molecule has 0 radical (unpaired) electrons. The molecular weight excluding hydrogens is 258 g/mol. The van der Waals surface area contributed by atoms with E-state index in [9.17, 15) is 9.59 Å². The van der Waals surface area contributed by atoms with Gasteiger partial charge in [0.1, 0.15) is 6.04 Å². The summed E-state index contributed by atoms with van der Waals surface area (Å²) < 4.78 is 5.52. The van der Waals surface area contributed by atoms with Crippen molar-refractivity contribution < 1.29 is 19.4 Å². The van der Waals surface area contributed by atoms with E-state index in [4.69, 9.17) is 9.84 Å². The maximum absolute atomic E-state index is 12.3. The van der Waals surface area contributed by atoms with E-state index >= 15 is 0 Å². The molecule has 1 aliphatic heterocycles. The van der Waals surface area contributed by atoms with Gasteiger partial charge in [-0.15, -0.1) is 0 Å². The van der Waals surface area contributed by atoms with E-state index in [0.717, 1.165) is 17.5 Å². The third kappa shape index (κ3) is 2.99. The molecule has 1 unspecified atom stereocenters. The van der Waals surface area contributed by atoms with Gasteiger partial charge in [0.2, 0.25) is 0 Å². The highest BCUT2D eigenvalue weighted by atomic mass is 16.5. The van der Waals surface area contributed by atoms with Crippen molar-refractivity contribution in [3.05, 3.63) is 35.4 Å². The highest BCUT2D eigenvalue weighted by Crippen LogP contribution is 2.27. The number of hydrogen-bond acceptors (Lipinski definition) is 3. The number of amides is 1. The number of carbonyl (C=O) groups is 2. The molecule has 5 nitrogen and oxygen atoms in total. The average Bonchev–Trinajstić information content (AvgIpc) is 2.43. The highest BCUT2D eigenvalue weighted by Gasteiger charge is 2.31. The Kier molecular flexibility index (Phi) is 4.39. The van der Waals surface area contributed by atoms with E-state index in [-0.39, 0.29) is 5.92 Å². The number of carbonyl (C=O) groups excluding carboxylic acids is 1. The second kappa shape index (κ2) is 6.05. The second-order valence-corrected chi connectivity index (χ2v) is 5.27. The molecule has 2 atom stereocenters. The van der Waals surface area contributed by atoms with Crippen LogP contribution in [0.15, 0.2) is 24.3 Å². The lowest BCUT2D eigenvalue weighted by Gasteiger charge is -2.27. The topological polar surface area (TPSA) is 75.6 Å². The Balaban J connectivity index is 2.16. The van der Waals surface area contributed by atoms with Gasteiger partial charge in [-0.25, -0.2) is 4.79 Å². The zero-order valence-electron chi connectivity index (χ0n) is 11.6. The number of benzene rings is 1. The number of carboxylic acid groups (broad SMARTS) is 1. The van der Waals surface area contributed by atoms with E-state index in [1.165, 1.54) is 0 Å². The van der Waals surface area contributed by atoms with Gasteiger partial charge < -0.3 is 15.2 Å². The van der Waals surface area contributed by atoms with Crippen LogP contribution in [-0.2, 0) is 20.7 Å². The SMILES string of the molecule is CC(C)[C@H](NC(=O)C1OCCc2ccccc21)C(=O)O. The van der Waals surface area contributed by atoms with Crippen LogP contribution in [0.5, 0.6) is 0 Å². The standard InChI is InChI=1S/C15H19NO4/c1-9(2)12(15(18)19)16-14(17)13-11-6-4-3-5-10(11)7-8-20-13/h3-6,9,12-13H,7-8H2,1-2H3,(H,16,17)(H,18,19)/t12-,13?/m0/s1. The molecule has 5 heteroatoms. The molecule has 108 valence electrons. The van der Waals surface area contributed by atoms with Crippen LogP contribution in [-0.4, -0.2) is 29.6 Å². The summed E-state index contributed by atoms with van der Waals surface area (Å²) in [6, 6.07) is 6.69. The lowest BCUT2D eigenvalue weighted by molar-refractivity contribution is -0.146. The molecule has 0 aliphatic carbocycles. The van der Waals surface area contributed by atoms with E-state index in [1.807, 2.05) is 24.3 Å². The van der Waals surface area contributed by atoms with Gasteiger partial charge >= 0.3 is 5.97 Å². The Morgan fingerprint density at radius 3 is 2.70 bits per heavy atom. The molecule has 2 rings (SSSR count). The van der Waals surface area contributed by atoms with Gasteiger partial charge in [-0.2, -0.15) is 0 Å². The first-order valence-corrected chi connectivity index (χ1v) is 6.73. The molecule has 0 spiro atoms. The molecule has 0 fully saturated rings. The number of aliphatic carboxylic acids is 1. The third-order valence-corrected chi connectivity index (χ3v) is 3.46. The van der Waals surface area contributed by atoms with E-state index in [0.29, 0.717) is 6.61 Å². The minimum absolute atomic E-state index is 0.185. The van der Waals surface area contributed by atoms with Crippen molar-refractivity contribution in [2.45, 2.75) is 32.4 Å². The predicted molar refractivity (Wildman–Crippen MR) is 73.2 cm³/mol. The fourth-order valence-electron chi connectivity index (χ4n) is 2.35. The normalized spacial score (nSPS) is 19.2. The number of nitrogens with one attached hydrogen (secondary N) is 1. The first kappa shape index (κ1) is 14.5. The van der Waals surface area contributed by atoms with Crippen LogP contribution >= 0.6 is 0 Å². The van der Waals surface area contributed by atoms with Crippen molar-refractivity contribution in [2.24, 2.45) is 5.92 Å². The van der Waals surface area contributed by atoms with Crippen LogP contribution in [0.4, 0.5) is 0 Å². The van der Waals surface area contributed by atoms with E-state index in [1.54, 1.807) is 13.8 Å². The number of rotatable bonds is 4. The third-order valence-electron chi connectivity index (χ3n) is 3.46. The van der Waals surface area contributed by atoms with E-state index in [2.05, 4.69) is 5.32 Å². The molecule has 0 bridgehead atoms. The molecule has 1 amide bonds. The summed E-state index contributed by atoms with van der Waals surface area (Å²) >= 11 is 0. The van der Waals surface area contributed by atoms with Crippen molar-refractivity contribution in [3.63, 3.8) is 0 Å². The second-order valence-electron chi connectivity index (χ2n) is 5.27. The van der Waals surface area contributed by atoms with Gasteiger partial charge in [-0.05, 0) is 23.5 Å². The van der Waals surface area contributed by atoms with Crippen LogP contribution < -0.4 is 5.32 Å². The number of ether oxygens (including phenoxy) is 1. The Hall–Kier alpha value is -1.88. The zero-order chi connectivity index (χ0) is 14.7. The van der Waals surface area contributed by atoms with Crippen molar-refractivity contribution in [2.75, 3.05) is 6.61 Å². The number of fused-ring (bicyclic) bond motifs is 1. The molecule has 1 aromatic carbocycles. The summed E-state index contributed by atoms with van der Waals surface area (Å²) in [6.07, 6.45) is 0.0486. The van der Waals surface area contributed by atoms with Crippen molar-refractivity contribution in [1.82, 2.24) is 5.32 Å². The van der Waals surface area contributed by atoms with Gasteiger partial charge in [-0.3, -0.25) is 4.79 Å². The van der Waals surface area contributed by atoms with Gasteiger partial charge in [0, 0.05) is 0 Å². The van der Waals surface area contributed by atoms with Crippen LogP contribution in [0.1, 0.15) is 31.1 Å². The lowest BCUT2D eigenvalue weighted by atomic mass is 9.96. The largest absolute Gasteiger partial charge is 0.480 e. The first-order valence-electron chi connectivity index (χ1n) is 6.73. The molecule has 20 heavy (non-hydrogen) atoms. The quantitative estimate of drug-likeness (QED) is 0.875. The lowest BCUT2D eigenvalue weighted by Crippen LogP contribution is -2.47. The van der Waals surface area contributed by atoms with Crippen molar-refractivity contribution >= 4 is 11.9 Å². The molecule has 0 aromatic heterocycles. The number of carboxylic acids is 1. The smallest absolute Gasteiger partial charge is 0.326 e. The molecular formula is C15H19NO4. The Labute approximate surface area is 117 Å². The summed E-state index contributed by atoms with van der Waals surface area (Å²) in [5, 5.41) is 11.7. The minimum Gasteiger partial charge on any atom is -0.480 e. The van der Waals surface area contributed by atoms with Crippen LogP contribution in [0.3, 0.4) is 0 Å². The first-order chi connectivity index (χ1) is 9.50. The average molecular weight is 277 g/mol. The molecule has 2 N–H and O–H groups in total. The zero-order valence-corrected chi connectivity index (χ0v) is 11.6. The van der Waals surface area contributed by atoms with Crippen molar-refractivity contribution in [1.29, 1.82) is 0 Å². The van der Waals surface area contributed by atoms with E-state index < -0.39 is 24.0 Å². The summed E-state index contributed by atoms with van der Waals surface area (Å²) in [4.78, 5) is 23.4. The Bertz CT molecular complexity index is 512. The molecule has 1 aromatic rings. The molecule has 0 saturated carbocycles. The Morgan fingerprint density at radius 2 is 2.05 bits per heavy atom. The van der Waals surface area contributed by atoms with Crippen molar-refractivity contribution in [3.8, 4) is 0 Å². The van der Waals surface area contributed by atoms with Gasteiger partial charge in [0.25, 0.3) is 5.91 Å². The summed E-state index contributed by atoms with van der Waals surface area (Å²) in [7, 11) is 0.